The highest BCUT2D eigenvalue weighted by Crippen LogP contribution is 2.17. The van der Waals surface area contributed by atoms with E-state index in [2.05, 4.69) is 30.3 Å². The molecule has 0 heterocycles. The molecule has 2 aromatic carbocycles. The third-order valence-electron chi connectivity index (χ3n) is 2.66. The van der Waals surface area contributed by atoms with E-state index in [9.17, 15) is 4.79 Å². The summed E-state index contributed by atoms with van der Waals surface area (Å²) in [7, 11) is 0. The van der Waals surface area contributed by atoms with Crippen molar-refractivity contribution < 1.29 is 4.79 Å². The van der Waals surface area contributed by atoms with E-state index in [1.54, 1.807) is 0 Å². The third kappa shape index (κ3) is 2.64. The molecule has 82 valence electrons. The predicted octanol–water partition coefficient (Wildman–Crippen LogP) is 3.66. The lowest BCUT2D eigenvalue weighted by Gasteiger charge is -2.02. The molecular weight excluding hydrogens is 216 g/mol. The van der Waals surface area contributed by atoms with Crippen molar-refractivity contribution in [2.24, 2.45) is 0 Å². The van der Waals surface area contributed by atoms with Gasteiger partial charge >= 0.3 is 0 Å². The van der Waals surface area contributed by atoms with Crippen LogP contribution in [0.15, 0.2) is 42.5 Å². The quantitative estimate of drug-likeness (QED) is 0.800. The van der Waals surface area contributed by atoms with Crippen LogP contribution in [0.25, 0.3) is 10.8 Å². The zero-order valence-electron chi connectivity index (χ0n) is 9.27. The van der Waals surface area contributed by atoms with Crippen LogP contribution in [0.3, 0.4) is 0 Å². The number of hydrogen-bond acceptors (Lipinski definition) is 2. The maximum Gasteiger partial charge on any atom is 0.189 e. The SMILES string of the molecule is CSC(=O)CCc1ccc2ccccc2c1. The summed E-state index contributed by atoms with van der Waals surface area (Å²) in [5, 5.41) is 2.76. The number of carbonyl (C=O) groups excluding carboxylic acids is 1. The average Bonchev–Trinajstić information content (AvgIpc) is 2.35. The zero-order valence-corrected chi connectivity index (χ0v) is 10.1. The van der Waals surface area contributed by atoms with E-state index in [4.69, 9.17) is 0 Å². The Kier molecular flexibility index (Phi) is 3.62. The van der Waals surface area contributed by atoms with Crippen molar-refractivity contribution in [3.8, 4) is 0 Å². The smallest absolute Gasteiger partial charge is 0.189 e. The molecule has 0 aromatic heterocycles. The van der Waals surface area contributed by atoms with Crippen LogP contribution < -0.4 is 0 Å². The Bertz CT molecular complexity index is 505. The van der Waals surface area contributed by atoms with Crippen molar-refractivity contribution in [1.29, 1.82) is 0 Å². The van der Waals surface area contributed by atoms with Gasteiger partial charge in [-0.25, -0.2) is 0 Å². The minimum Gasteiger partial charge on any atom is -0.287 e. The molecule has 0 fully saturated rings. The molecule has 0 saturated heterocycles. The fraction of sp³-hybridized carbons (Fsp3) is 0.214. The van der Waals surface area contributed by atoms with Crippen molar-refractivity contribution in [3.05, 3.63) is 48.0 Å². The largest absolute Gasteiger partial charge is 0.287 e. The first-order valence-electron chi connectivity index (χ1n) is 5.34. The summed E-state index contributed by atoms with van der Waals surface area (Å²) in [6.07, 6.45) is 3.30. The van der Waals surface area contributed by atoms with Crippen molar-refractivity contribution in [2.45, 2.75) is 12.8 Å². The topological polar surface area (TPSA) is 17.1 Å². The number of fused-ring (bicyclic) bond motifs is 1. The van der Waals surface area contributed by atoms with Crippen LogP contribution in [0.4, 0.5) is 0 Å². The van der Waals surface area contributed by atoms with Crippen LogP contribution in [0.2, 0.25) is 0 Å². The lowest BCUT2D eigenvalue weighted by molar-refractivity contribution is -0.110. The maximum atomic E-state index is 11.2. The summed E-state index contributed by atoms with van der Waals surface area (Å²) >= 11 is 1.31. The van der Waals surface area contributed by atoms with E-state index >= 15 is 0 Å². The second-order valence-corrected chi connectivity index (χ2v) is 4.62. The Balaban J connectivity index is 2.16. The number of benzene rings is 2. The number of aryl methyl sites for hydroxylation is 1. The lowest BCUT2D eigenvalue weighted by atomic mass is 10.0. The minimum atomic E-state index is 0.258. The highest BCUT2D eigenvalue weighted by molar-refractivity contribution is 8.13. The van der Waals surface area contributed by atoms with Gasteiger partial charge in [-0.3, -0.25) is 4.79 Å². The Morgan fingerprint density at radius 3 is 2.62 bits per heavy atom. The molecule has 0 aliphatic carbocycles. The van der Waals surface area contributed by atoms with Gasteiger partial charge in [0, 0.05) is 6.42 Å². The summed E-state index contributed by atoms with van der Waals surface area (Å²) in [5.74, 6) is 0. The van der Waals surface area contributed by atoms with Crippen LogP contribution in [0, 0.1) is 0 Å². The molecule has 2 aromatic rings. The molecule has 0 spiro atoms. The van der Waals surface area contributed by atoms with Gasteiger partial charge in [-0.15, -0.1) is 0 Å². The van der Waals surface area contributed by atoms with Crippen molar-refractivity contribution >= 4 is 27.6 Å². The van der Waals surface area contributed by atoms with Gasteiger partial charge in [0.15, 0.2) is 5.12 Å². The minimum absolute atomic E-state index is 0.258. The van der Waals surface area contributed by atoms with Gasteiger partial charge in [0.2, 0.25) is 0 Å². The molecule has 0 radical (unpaired) electrons. The molecule has 0 unspecified atom stereocenters. The summed E-state index contributed by atoms with van der Waals surface area (Å²) in [6, 6.07) is 14.7. The molecule has 0 aliphatic heterocycles. The zero-order chi connectivity index (χ0) is 11.4. The molecule has 16 heavy (non-hydrogen) atoms. The Morgan fingerprint density at radius 2 is 1.88 bits per heavy atom. The molecule has 0 aliphatic rings. The second-order valence-electron chi connectivity index (χ2n) is 3.76. The van der Waals surface area contributed by atoms with Gasteiger partial charge in [0.1, 0.15) is 0 Å². The molecule has 0 atom stereocenters. The summed E-state index contributed by atoms with van der Waals surface area (Å²) in [5.41, 5.74) is 1.24. The molecule has 0 N–H and O–H groups in total. The van der Waals surface area contributed by atoms with Gasteiger partial charge < -0.3 is 0 Å². The highest BCUT2D eigenvalue weighted by Gasteiger charge is 2.01. The summed E-state index contributed by atoms with van der Waals surface area (Å²) in [6.45, 7) is 0. The first-order chi connectivity index (χ1) is 7.79. The van der Waals surface area contributed by atoms with Gasteiger partial charge in [0.05, 0.1) is 0 Å². The first kappa shape index (κ1) is 11.2. The van der Waals surface area contributed by atoms with Crippen molar-refractivity contribution in [2.75, 3.05) is 6.26 Å². The molecular formula is C14H14OS. The van der Waals surface area contributed by atoms with Crippen molar-refractivity contribution in [3.63, 3.8) is 0 Å². The second kappa shape index (κ2) is 5.17. The Labute approximate surface area is 99.9 Å². The number of hydrogen-bond donors (Lipinski definition) is 0. The van der Waals surface area contributed by atoms with Crippen molar-refractivity contribution in [1.82, 2.24) is 0 Å². The molecule has 0 bridgehead atoms. The Hall–Kier alpha value is -1.28. The van der Waals surface area contributed by atoms with E-state index in [0.29, 0.717) is 6.42 Å². The third-order valence-corrected chi connectivity index (χ3v) is 3.32. The van der Waals surface area contributed by atoms with E-state index in [0.717, 1.165) is 6.42 Å². The van der Waals surface area contributed by atoms with E-state index in [-0.39, 0.29) is 5.12 Å². The van der Waals surface area contributed by atoms with Crippen LogP contribution in [0.5, 0.6) is 0 Å². The molecule has 0 saturated carbocycles. The van der Waals surface area contributed by atoms with E-state index in [1.807, 2.05) is 18.4 Å². The van der Waals surface area contributed by atoms with Gasteiger partial charge in [-0.2, -0.15) is 0 Å². The van der Waals surface area contributed by atoms with Gasteiger partial charge in [0.25, 0.3) is 0 Å². The van der Waals surface area contributed by atoms with Crippen LogP contribution in [0.1, 0.15) is 12.0 Å². The molecule has 1 nitrogen and oxygen atoms in total. The molecule has 2 rings (SSSR count). The maximum absolute atomic E-state index is 11.2. The standard InChI is InChI=1S/C14H14OS/c1-16-14(15)9-7-11-6-8-12-4-2-3-5-13(12)10-11/h2-6,8,10H,7,9H2,1H3. The fourth-order valence-electron chi connectivity index (χ4n) is 1.74. The predicted molar refractivity (Wildman–Crippen MR) is 70.8 cm³/mol. The molecule has 2 heteroatoms. The fourth-order valence-corrected chi connectivity index (χ4v) is 2.05. The lowest BCUT2D eigenvalue weighted by Crippen LogP contribution is -1.94. The number of thioether (sulfide) groups is 1. The highest BCUT2D eigenvalue weighted by atomic mass is 32.2. The summed E-state index contributed by atoms with van der Waals surface area (Å²) < 4.78 is 0. The van der Waals surface area contributed by atoms with E-state index in [1.165, 1.54) is 28.1 Å². The van der Waals surface area contributed by atoms with Crippen LogP contribution in [-0.4, -0.2) is 11.4 Å². The average molecular weight is 230 g/mol. The van der Waals surface area contributed by atoms with Crippen LogP contribution >= 0.6 is 11.8 Å². The number of carbonyl (C=O) groups is 1. The monoisotopic (exact) mass is 230 g/mol. The molecule has 0 amide bonds. The Morgan fingerprint density at radius 1 is 1.12 bits per heavy atom. The van der Waals surface area contributed by atoms with Gasteiger partial charge in [-0.05, 0) is 29.0 Å². The first-order valence-corrected chi connectivity index (χ1v) is 6.56. The number of rotatable bonds is 3. The van der Waals surface area contributed by atoms with Crippen LogP contribution in [-0.2, 0) is 11.2 Å². The normalized spacial score (nSPS) is 10.6. The summed E-state index contributed by atoms with van der Waals surface area (Å²) in [4.78, 5) is 11.2. The van der Waals surface area contributed by atoms with E-state index < -0.39 is 0 Å². The van der Waals surface area contributed by atoms with Gasteiger partial charge in [-0.1, -0.05) is 54.2 Å².